The van der Waals surface area contributed by atoms with Crippen LogP contribution >= 0.6 is 0 Å². The first-order valence-corrected chi connectivity index (χ1v) is 6.24. The quantitative estimate of drug-likeness (QED) is 0.624. The van der Waals surface area contributed by atoms with E-state index >= 15 is 0 Å². The van der Waals surface area contributed by atoms with Gasteiger partial charge in [0.2, 0.25) is 0 Å². The van der Waals surface area contributed by atoms with Crippen LogP contribution in [0.5, 0.6) is 0 Å². The summed E-state index contributed by atoms with van der Waals surface area (Å²) in [7, 11) is 0. The van der Waals surface area contributed by atoms with E-state index in [0.29, 0.717) is 0 Å². The van der Waals surface area contributed by atoms with Crippen molar-refractivity contribution in [2.45, 2.75) is 12.8 Å². The first-order valence-electron chi connectivity index (χ1n) is 6.24. The van der Waals surface area contributed by atoms with Gasteiger partial charge in [0.1, 0.15) is 11.6 Å². The minimum Gasteiger partial charge on any atom is -0.258 e. The molecule has 0 amide bonds. The predicted molar refractivity (Wildman–Crippen MR) is 73.5 cm³/mol. The number of nitro groups is 2. The van der Waals surface area contributed by atoms with Gasteiger partial charge in [-0.25, -0.2) is 8.78 Å². The van der Waals surface area contributed by atoms with Crippen molar-refractivity contribution < 1.29 is 18.6 Å². The molecular formula is C14H10F2N2O4. The van der Waals surface area contributed by atoms with E-state index in [1.54, 1.807) is 0 Å². The Morgan fingerprint density at radius 3 is 1.41 bits per heavy atom. The fraction of sp³-hybridized carbons (Fsp3) is 0.143. The van der Waals surface area contributed by atoms with Crippen molar-refractivity contribution in [2.75, 3.05) is 0 Å². The molecule has 0 aromatic heterocycles. The standard InChI is InChI=1S/C14H10F2N2O4/c15-13-7-11(17(19)20)5-3-9(13)1-2-10-4-6-12(18(21)22)8-14(10)16/h3-8H,1-2H2. The topological polar surface area (TPSA) is 86.3 Å². The van der Waals surface area contributed by atoms with Gasteiger partial charge in [-0.05, 0) is 36.1 Å². The number of nitrogens with zero attached hydrogens (tertiary/aromatic N) is 2. The highest BCUT2D eigenvalue weighted by Crippen LogP contribution is 2.21. The van der Waals surface area contributed by atoms with Crippen molar-refractivity contribution in [1.82, 2.24) is 0 Å². The molecule has 0 aliphatic rings. The average molecular weight is 308 g/mol. The Morgan fingerprint density at radius 1 is 0.773 bits per heavy atom. The summed E-state index contributed by atoms with van der Waals surface area (Å²) in [6, 6.07) is 6.51. The van der Waals surface area contributed by atoms with Crippen molar-refractivity contribution >= 4 is 11.4 Å². The van der Waals surface area contributed by atoms with Crippen LogP contribution in [0.15, 0.2) is 36.4 Å². The monoisotopic (exact) mass is 308 g/mol. The lowest BCUT2D eigenvalue weighted by molar-refractivity contribution is -0.385. The van der Waals surface area contributed by atoms with Crippen LogP contribution in [0.25, 0.3) is 0 Å². The molecule has 0 heterocycles. The minimum absolute atomic E-state index is 0.124. The average Bonchev–Trinajstić information content (AvgIpc) is 2.46. The van der Waals surface area contributed by atoms with Gasteiger partial charge in [0.25, 0.3) is 11.4 Å². The van der Waals surface area contributed by atoms with Gasteiger partial charge in [0.15, 0.2) is 0 Å². The maximum absolute atomic E-state index is 13.7. The van der Waals surface area contributed by atoms with Crippen LogP contribution in [0.3, 0.4) is 0 Å². The molecular weight excluding hydrogens is 298 g/mol. The maximum atomic E-state index is 13.7. The van der Waals surface area contributed by atoms with Gasteiger partial charge in [-0.15, -0.1) is 0 Å². The first kappa shape index (κ1) is 15.5. The lowest BCUT2D eigenvalue weighted by Gasteiger charge is -2.05. The number of hydrogen-bond acceptors (Lipinski definition) is 4. The first-order chi connectivity index (χ1) is 10.4. The molecule has 2 rings (SSSR count). The zero-order valence-corrected chi connectivity index (χ0v) is 11.2. The van der Waals surface area contributed by atoms with Gasteiger partial charge in [-0.1, -0.05) is 0 Å². The van der Waals surface area contributed by atoms with E-state index in [9.17, 15) is 29.0 Å². The molecule has 6 nitrogen and oxygen atoms in total. The summed E-state index contributed by atoms with van der Waals surface area (Å²) >= 11 is 0. The second kappa shape index (κ2) is 6.25. The highest BCUT2D eigenvalue weighted by atomic mass is 19.1. The Bertz CT molecular complexity index is 686. The van der Waals surface area contributed by atoms with E-state index in [-0.39, 0.29) is 35.3 Å². The number of aryl methyl sites for hydroxylation is 2. The molecule has 0 bridgehead atoms. The van der Waals surface area contributed by atoms with Crippen LogP contribution < -0.4 is 0 Å². The molecule has 0 saturated carbocycles. The number of rotatable bonds is 5. The summed E-state index contributed by atoms with van der Waals surface area (Å²) in [6.45, 7) is 0. The Labute approximate surface area is 123 Å². The molecule has 0 atom stereocenters. The highest BCUT2D eigenvalue weighted by Gasteiger charge is 2.13. The molecule has 8 heteroatoms. The van der Waals surface area contributed by atoms with Gasteiger partial charge >= 0.3 is 0 Å². The van der Waals surface area contributed by atoms with Crippen molar-refractivity contribution in [2.24, 2.45) is 0 Å². The minimum atomic E-state index is -0.739. The summed E-state index contributed by atoms with van der Waals surface area (Å²) in [5, 5.41) is 21.0. The number of benzene rings is 2. The Morgan fingerprint density at radius 2 is 1.14 bits per heavy atom. The lowest BCUT2D eigenvalue weighted by Crippen LogP contribution is -1.99. The fourth-order valence-corrected chi connectivity index (χ4v) is 1.97. The van der Waals surface area contributed by atoms with Crippen molar-refractivity contribution in [3.05, 3.63) is 79.4 Å². The third-order valence-corrected chi connectivity index (χ3v) is 3.16. The van der Waals surface area contributed by atoms with E-state index in [2.05, 4.69) is 0 Å². The van der Waals surface area contributed by atoms with E-state index < -0.39 is 21.5 Å². The molecule has 0 N–H and O–H groups in total. The van der Waals surface area contributed by atoms with Crippen molar-refractivity contribution in [3.63, 3.8) is 0 Å². The molecule has 22 heavy (non-hydrogen) atoms. The Hall–Kier alpha value is -2.90. The molecule has 0 fully saturated rings. The third-order valence-electron chi connectivity index (χ3n) is 3.16. The summed E-state index contributed by atoms with van der Waals surface area (Å²) in [5.41, 5.74) is -0.294. The number of nitro benzene ring substituents is 2. The second-order valence-corrected chi connectivity index (χ2v) is 4.57. The lowest BCUT2D eigenvalue weighted by atomic mass is 10.0. The largest absolute Gasteiger partial charge is 0.272 e. The van der Waals surface area contributed by atoms with E-state index in [4.69, 9.17) is 0 Å². The normalized spacial score (nSPS) is 10.5. The molecule has 0 spiro atoms. The summed E-state index contributed by atoms with van der Waals surface area (Å²) < 4.78 is 27.4. The van der Waals surface area contributed by atoms with Crippen molar-refractivity contribution in [1.29, 1.82) is 0 Å². The molecule has 2 aromatic rings. The van der Waals surface area contributed by atoms with Gasteiger partial charge in [0, 0.05) is 12.1 Å². The SMILES string of the molecule is O=[N+]([O-])c1ccc(CCc2ccc([N+](=O)[O-])cc2F)c(F)c1. The molecule has 0 aliphatic heterocycles. The zero-order valence-electron chi connectivity index (χ0n) is 11.2. The molecule has 0 saturated heterocycles. The fourth-order valence-electron chi connectivity index (χ4n) is 1.97. The highest BCUT2D eigenvalue weighted by molar-refractivity contribution is 5.36. The van der Waals surface area contributed by atoms with Crippen LogP contribution in [-0.4, -0.2) is 9.85 Å². The van der Waals surface area contributed by atoms with Crippen LogP contribution in [0.2, 0.25) is 0 Å². The van der Waals surface area contributed by atoms with Crippen LogP contribution in [0.1, 0.15) is 11.1 Å². The Kier molecular flexibility index (Phi) is 4.40. The third kappa shape index (κ3) is 3.40. The predicted octanol–water partition coefficient (Wildman–Crippen LogP) is 3.57. The van der Waals surface area contributed by atoms with Crippen molar-refractivity contribution in [3.8, 4) is 0 Å². The summed E-state index contributed by atoms with van der Waals surface area (Å²) in [4.78, 5) is 19.6. The van der Waals surface area contributed by atoms with E-state index in [1.165, 1.54) is 24.3 Å². The van der Waals surface area contributed by atoms with Gasteiger partial charge in [0.05, 0.1) is 22.0 Å². The molecule has 114 valence electrons. The van der Waals surface area contributed by atoms with Gasteiger partial charge in [-0.2, -0.15) is 0 Å². The van der Waals surface area contributed by atoms with E-state index in [1.807, 2.05) is 0 Å². The molecule has 0 aliphatic carbocycles. The van der Waals surface area contributed by atoms with Gasteiger partial charge in [-0.3, -0.25) is 20.2 Å². The Balaban J connectivity index is 2.13. The summed E-state index contributed by atoms with van der Waals surface area (Å²) in [6.07, 6.45) is 0.247. The summed E-state index contributed by atoms with van der Waals surface area (Å²) in [5.74, 6) is -1.48. The van der Waals surface area contributed by atoms with E-state index in [0.717, 1.165) is 12.1 Å². The van der Waals surface area contributed by atoms with Crippen LogP contribution in [0.4, 0.5) is 20.2 Å². The van der Waals surface area contributed by atoms with Gasteiger partial charge < -0.3 is 0 Å². The zero-order chi connectivity index (χ0) is 16.3. The maximum Gasteiger partial charge on any atom is 0.272 e. The molecule has 2 aromatic carbocycles. The number of halogens is 2. The molecule has 0 radical (unpaired) electrons. The number of non-ortho nitro benzene ring substituents is 2. The van der Waals surface area contributed by atoms with Crippen LogP contribution in [-0.2, 0) is 12.8 Å². The smallest absolute Gasteiger partial charge is 0.258 e. The number of hydrogen-bond donors (Lipinski definition) is 0. The molecule has 0 unspecified atom stereocenters. The van der Waals surface area contributed by atoms with Crippen LogP contribution in [0, 0.1) is 31.9 Å². The second-order valence-electron chi connectivity index (χ2n) is 4.57.